The summed E-state index contributed by atoms with van der Waals surface area (Å²) in [4.78, 5) is 30.1. The fourth-order valence-corrected chi connectivity index (χ4v) is 8.63. The molecule has 7 heteroatoms. The van der Waals surface area contributed by atoms with Gasteiger partial charge < -0.3 is 14.2 Å². The number of rotatable bonds is 39. The summed E-state index contributed by atoms with van der Waals surface area (Å²) in [7, 11) is 0. The van der Waals surface area contributed by atoms with Gasteiger partial charge in [-0.25, -0.2) is 0 Å². The number of hydrogen-bond donors (Lipinski definition) is 0. The molecule has 2 aliphatic heterocycles. The van der Waals surface area contributed by atoms with Crippen LogP contribution in [0.25, 0.3) is 0 Å². The lowest BCUT2D eigenvalue weighted by Gasteiger charge is -2.46. The van der Waals surface area contributed by atoms with Crippen molar-refractivity contribution in [2.75, 3.05) is 45.9 Å². The van der Waals surface area contributed by atoms with Gasteiger partial charge in [0.25, 0.3) is 0 Å². The number of esters is 2. The molecule has 0 aliphatic carbocycles. The standard InChI is InChI=1S/C48H92N2O5/c1-4-7-10-13-16-25-32-39-53-47(51)35-28-21-17-23-30-37-49-40-45-42-50(43-46(41-49)54-45)38-31-24-18-22-29-36-48(52)55-44(33-26-19-14-11-8-5-2)34-27-20-15-12-9-6-3/h44-46H,4-43H2,1-3H3. The Kier molecular flexibility index (Phi) is 32.7. The van der Waals surface area contributed by atoms with E-state index >= 15 is 0 Å². The summed E-state index contributed by atoms with van der Waals surface area (Å²) in [5.41, 5.74) is 0. The van der Waals surface area contributed by atoms with Crippen molar-refractivity contribution in [3.63, 3.8) is 0 Å². The zero-order chi connectivity index (χ0) is 39.4. The molecule has 2 rings (SSSR count). The number of carbonyl (C=O) groups is 2. The zero-order valence-corrected chi connectivity index (χ0v) is 37.0. The molecule has 7 nitrogen and oxygen atoms in total. The van der Waals surface area contributed by atoms with Crippen molar-refractivity contribution in [3.8, 4) is 0 Å². The van der Waals surface area contributed by atoms with Crippen LogP contribution in [0, 0.1) is 0 Å². The third-order valence-corrected chi connectivity index (χ3v) is 12.0. The smallest absolute Gasteiger partial charge is 0.306 e. The van der Waals surface area contributed by atoms with E-state index in [0.717, 1.165) is 71.1 Å². The first-order valence-corrected chi connectivity index (χ1v) is 24.5. The van der Waals surface area contributed by atoms with Crippen molar-refractivity contribution >= 4 is 11.9 Å². The van der Waals surface area contributed by atoms with Crippen LogP contribution in [0.3, 0.4) is 0 Å². The van der Waals surface area contributed by atoms with Gasteiger partial charge in [0, 0.05) is 39.0 Å². The van der Waals surface area contributed by atoms with Crippen LogP contribution in [-0.4, -0.2) is 85.9 Å². The third kappa shape index (κ3) is 28.8. The average molecular weight is 777 g/mol. The van der Waals surface area contributed by atoms with Gasteiger partial charge in [0.15, 0.2) is 0 Å². The molecule has 0 amide bonds. The van der Waals surface area contributed by atoms with Crippen LogP contribution in [0.5, 0.6) is 0 Å². The van der Waals surface area contributed by atoms with Gasteiger partial charge in [-0.05, 0) is 70.9 Å². The maximum Gasteiger partial charge on any atom is 0.306 e. The summed E-state index contributed by atoms with van der Waals surface area (Å²) in [5.74, 6) is 0.0357. The molecule has 55 heavy (non-hydrogen) atoms. The molecule has 2 saturated heterocycles. The van der Waals surface area contributed by atoms with Crippen LogP contribution in [0.4, 0.5) is 0 Å². The maximum absolute atomic E-state index is 12.8. The number of nitrogens with zero attached hydrogens (tertiary/aromatic N) is 2. The Labute approximate surface area is 341 Å². The van der Waals surface area contributed by atoms with Crippen LogP contribution < -0.4 is 0 Å². The molecule has 0 N–H and O–H groups in total. The van der Waals surface area contributed by atoms with Crippen molar-refractivity contribution in [2.45, 2.75) is 251 Å². The topological polar surface area (TPSA) is 68.3 Å². The van der Waals surface area contributed by atoms with E-state index in [2.05, 4.69) is 30.6 Å². The van der Waals surface area contributed by atoms with Crippen molar-refractivity contribution in [1.82, 2.24) is 9.80 Å². The summed E-state index contributed by atoms with van der Waals surface area (Å²) in [6.45, 7) is 14.0. The lowest BCUT2D eigenvalue weighted by molar-refractivity contribution is -0.150. The molecule has 0 saturated carbocycles. The SMILES string of the molecule is CCCCCCCCCOC(=O)CCCCCCCN1CC2CN(CCCCCCCC(=O)OC(CCCCCCCC)CCCCCCCC)CC(C1)O2. The molecule has 0 aromatic carbocycles. The molecule has 0 aromatic heterocycles. The highest BCUT2D eigenvalue weighted by Crippen LogP contribution is 2.22. The Morgan fingerprint density at radius 1 is 0.473 bits per heavy atom. The molecule has 0 aromatic rings. The average Bonchev–Trinajstić information content (AvgIpc) is 3.17. The minimum atomic E-state index is -0.00496. The fraction of sp³-hybridized carbons (Fsp3) is 0.958. The van der Waals surface area contributed by atoms with Gasteiger partial charge in [-0.1, -0.05) is 162 Å². The number of unbranched alkanes of at least 4 members (excludes halogenated alkanes) is 24. The normalized spacial score (nSPS) is 17.6. The lowest BCUT2D eigenvalue weighted by Crippen LogP contribution is -2.59. The Balaban J connectivity index is 1.45. The second kappa shape index (κ2) is 35.9. The maximum atomic E-state index is 12.8. The van der Waals surface area contributed by atoms with E-state index in [1.807, 2.05) is 0 Å². The zero-order valence-electron chi connectivity index (χ0n) is 37.0. The highest BCUT2D eigenvalue weighted by atomic mass is 16.5. The molecule has 0 radical (unpaired) electrons. The van der Waals surface area contributed by atoms with E-state index in [-0.39, 0.29) is 18.0 Å². The molecule has 2 fully saturated rings. The monoisotopic (exact) mass is 777 g/mol. The quantitative estimate of drug-likeness (QED) is 0.0455. The second-order valence-electron chi connectivity index (χ2n) is 17.5. The van der Waals surface area contributed by atoms with Crippen molar-refractivity contribution in [1.29, 1.82) is 0 Å². The molecular formula is C48H92N2O5. The van der Waals surface area contributed by atoms with Crippen LogP contribution in [0.15, 0.2) is 0 Å². The molecule has 0 spiro atoms. The summed E-state index contributed by atoms with van der Waals surface area (Å²) in [6, 6.07) is 0. The minimum absolute atomic E-state index is 0.00496. The van der Waals surface area contributed by atoms with Gasteiger partial charge in [0.05, 0.1) is 18.8 Å². The van der Waals surface area contributed by atoms with Crippen LogP contribution in [-0.2, 0) is 23.8 Å². The van der Waals surface area contributed by atoms with Gasteiger partial charge >= 0.3 is 11.9 Å². The highest BCUT2D eigenvalue weighted by Gasteiger charge is 2.34. The van der Waals surface area contributed by atoms with E-state index in [1.165, 1.54) is 167 Å². The van der Waals surface area contributed by atoms with Crippen molar-refractivity contribution in [2.24, 2.45) is 0 Å². The van der Waals surface area contributed by atoms with Crippen molar-refractivity contribution < 1.29 is 23.8 Å². The minimum Gasteiger partial charge on any atom is -0.466 e. The van der Waals surface area contributed by atoms with E-state index < -0.39 is 0 Å². The first kappa shape index (κ1) is 50.0. The first-order chi connectivity index (χ1) is 27.0. The van der Waals surface area contributed by atoms with Gasteiger partial charge in [0.1, 0.15) is 6.10 Å². The number of morpholine rings is 2. The van der Waals surface area contributed by atoms with Gasteiger partial charge in [-0.15, -0.1) is 0 Å². The molecule has 324 valence electrons. The Hall–Kier alpha value is -1.18. The molecule has 2 bridgehead atoms. The molecule has 2 atom stereocenters. The predicted molar refractivity (Wildman–Crippen MR) is 232 cm³/mol. The van der Waals surface area contributed by atoms with Gasteiger partial charge in [0.2, 0.25) is 0 Å². The summed E-state index contributed by atoms with van der Waals surface area (Å²) >= 11 is 0. The molecule has 2 unspecified atom stereocenters. The molecule has 2 aliphatic rings. The van der Waals surface area contributed by atoms with Crippen LogP contribution in [0.2, 0.25) is 0 Å². The number of carbonyl (C=O) groups excluding carboxylic acids is 2. The Morgan fingerprint density at radius 3 is 1.29 bits per heavy atom. The van der Waals surface area contributed by atoms with E-state index in [4.69, 9.17) is 14.2 Å². The van der Waals surface area contributed by atoms with Crippen LogP contribution >= 0.6 is 0 Å². The van der Waals surface area contributed by atoms with E-state index in [1.54, 1.807) is 0 Å². The van der Waals surface area contributed by atoms with Crippen molar-refractivity contribution in [3.05, 3.63) is 0 Å². The molecular weight excluding hydrogens is 685 g/mol. The summed E-state index contributed by atoms with van der Waals surface area (Å²) in [5, 5.41) is 0. The third-order valence-electron chi connectivity index (χ3n) is 12.0. The predicted octanol–water partition coefficient (Wildman–Crippen LogP) is 12.8. The molecule has 2 heterocycles. The van der Waals surface area contributed by atoms with Gasteiger partial charge in [-0.3, -0.25) is 19.4 Å². The number of fused-ring (bicyclic) bond motifs is 2. The van der Waals surface area contributed by atoms with Crippen LogP contribution in [0.1, 0.15) is 233 Å². The Morgan fingerprint density at radius 2 is 0.836 bits per heavy atom. The summed E-state index contributed by atoms with van der Waals surface area (Å²) in [6.07, 6.45) is 39.9. The number of ether oxygens (including phenoxy) is 3. The van der Waals surface area contributed by atoms with Gasteiger partial charge in [-0.2, -0.15) is 0 Å². The Bertz CT molecular complexity index is 856. The lowest BCUT2D eigenvalue weighted by atomic mass is 10.0. The van der Waals surface area contributed by atoms with E-state index in [0.29, 0.717) is 31.7 Å². The summed E-state index contributed by atoms with van der Waals surface area (Å²) < 4.78 is 17.8. The highest BCUT2D eigenvalue weighted by molar-refractivity contribution is 5.69. The number of hydrogen-bond acceptors (Lipinski definition) is 7. The van der Waals surface area contributed by atoms with E-state index in [9.17, 15) is 9.59 Å². The fourth-order valence-electron chi connectivity index (χ4n) is 8.63. The second-order valence-corrected chi connectivity index (χ2v) is 17.5. The largest absolute Gasteiger partial charge is 0.466 e. The first-order valence-electron chi connectivity index (χ1n) is 24.5.